The van der Waals surface area contributed by atoms with Crippen molar-refractivity contribution in [1.29, 1.82) is 0 Å². The topological polar surface area (TPSA) is 12.0 Å². The van der Waals surface area contributed by atoms with Crippen LogP contribution < -0.4 is 5.32 Å². The van der Waals surface area contributed by atoms with Crippen LogP contribution in [-0.4, -0.2) is 6.54 Å². The number of nitrogens with one attached hydrogen (secondary N) is 1. The fourth-order valence-corrected chi connectivity index (χ4v) is 2.52. The first kappa shape index (κ1) is 14.9. The zero-order valence-electron chi connectivity index (χ0n) is 11.4. The van der Waals surface area contributed by atoms with Crippen LogP contribution in [0.4, 0.5) is 8.78 Å². The van der Waals surface area contributed by atoms with E-state index in [0.717, 1.165) is 24.2 Å². The molecule has 20 heavy (non-hydrogen) atoms. The molecule has 0 amide bonds. The lowest BCUT2D eigenvalue weighted by Gasteiger charge is -2.15. The van der Waals surface area contributed by atoms with Gasteiger partial charge in [-0.15, -0.1) is 0 Å². The molecule has 4 heteroatoms. The molecule has 1 N–H and O–H groups in total. The molecule has 0 heterocycles. The van der Waals surface area contributed by atoms with Crippen molar-refractivity contribution in [3.05, 3.63) is 58.6 Å². The lowest BCUT2D eigenvalue weighted by atomic mass is 10.0. The van der Waals surface area contributed by atoms with E-state index >= 15 is 0 Å². The molecular weight excluding hydrogens is 280 g/mol. The first-order valence-corrected chi connectivity index (χ1v) is 6.89. The van der Waals surface area contributed by atoms with Gasteiger partial charge in [0.1, 0.15) is 11.6 Å². The van der Waals surface area contributed by atoms with Crippen molar-refractivity contribution in [2.45, 2.75) is 19.9 Å². The fourth-order valence-electron chi connectivity index (χ4n) is 2.18. The minimum atomic E-state index is -0.470. The molecule has 2 aromatic carbocycles. The average Bonchev–Trinajstić information content (AvgIpc) is 2.41. The Labute approximate surface area is 122 Å². The van der Waals surface area contributed by atoms with Crippen LogP contribution in [0.25, 0.3) is 11.1 Å². The van der Waals surface area contributed by atoms with Crippen LogP contribution >= 0.6 is 11.6 Å². The second-order valence-corrected chi connectivity index (χ2v) is 5.05. The van der Waals surface area contributed by atoms with E-state index in [1.54, 1.807) is 12.1 Å². The number of hydrogen-bond acceptors (Lipinski definition) is 1. The third kappa shape index (κ3) is 3.17. The van der Waals surface area contributed by atoms with E-state index in [2.05, 4.69) is 5.32 Å². The lowest BCUT2D eigenvalue weighted by molar-refractivity contribution is 0.598. The van der Waals surface area contributed by atoms with Gasteiger partial charge in [-0.25, -0.2) is 8.78 Å². The highest BCUT2D eigenvalue weighted by atomic mass is 35.5. The van der Waals surface area contributed by atoms with Crippen molar-refractivity contribution in [3.63, 3.8) is 0 Å². The van der Waals surface area contributed by atoms with E-state index < -0.39 is 11.6 Å². The SMILES string of the molecule is CCNC(C)c1ccc(-c2cc(F)ccc2F)cc1Cl. The highest BCUT2D eigenvalue weighted by Crippen LogP contribution is 2.30. The Morgan fingerprint density at radius 3 is 2.55 bits per heavy atom. The Balaban J connectivity index is 2.40. The van der Waals surface area contributed by atoms with Crippen molar-refractivity contribution >= 4 is 11.6 Å². The molecule has 0 radical (unpaired) electrons. The summed E-state index contributed by atoms with van der Waals surface area (Å²) >= 11 is 6.25. The van der Waals surface area contributed by atoms with Gasteiger partial charge in [-0.2, -0.15) is 0 Å². The average molecular weight is 296 g/mol. The third-order valence-electron chi connectivity index (χ3n) is 3.22. The fraction of sp³-hybridized carbons (Fsp3) is 0.250. The van der Waals surface area contributed by atoms with Gasteiger partial charge in [-0.05, 0) is 48.9 Å². The summed E-state index contributed by atoms with van der Waals surface area (Å²) in [5.41, 5.74) is 1.73. The summed E-state index contributed by atoms with van der Waals surface area (Å²) in [6.45, 7) is 4.85. The molecule has 0 aromatic heterocycles. The summed E-state index contributed by atoms with van der Waals surface area (Å²) in [6, 6.07) is 8.77. The Morgan fingerprint density at radius 1 is 1.15 bits per heavy atom. The highest BCUT2D eigenvalue weighted by molar-refractivity contribution is 6.31. The van der Waals surface area contributed by atoms with Crippen molar-refractivity contribution in [2.24, 2.45) is 0 Å². The van der Waals surface area contributed by atoms with E-state index in [4.69, 9.17) is 11.6 Å². The molecule has 0 aliphatic rings. The first-order valence-electron chi connectivity index (χ1n) is 6.51. The van der Waals surface area contributed by atoms with Gasteiger partial charge in [0, 0.05) is 16.6 Å². The Bertz CT molecular complexity index is 613. The standard InChI is InChI=1S/C16H16ClF2N/c1-3-20-10(2)13-6-4-11(8-15(13)17)14-9-12(18)5-7-16(14)19/h4-10,20H,3H2,1-2H3. The van der Waals surface area contributed by atoms with Crippen LogP contribution in [0.15, 0.2) is 36.4 Å². The molecule has 2 aromatic rings. The normalized spacial score (nSPS) is 12.4. The smallest absolute Gasteiger partial charge is 0.131 e. The molecule has 0 aliphatic carbocycles. The van der Waals surface area contributed by atoms with E-state index in [9.17, 15) is 8.78 Å². The highest BCUT2D eigenvalue weighted by Gasteiger charge is 2.12. The van der Waals surface area contributed by atoms with Crippen LogP contribution in [0.2, 0.25) is 5.02 Å². The van der Waals surface area contributed by atoms with Crippen LogP contribution in [0.3, 0.4) is 0 Å². The van der Waals surface area contributed by atoms with Crippen molar-refractivity contribution in [3.8, 4) is 11.1 Å². The minimum Gasteiger partial charge on any atom is -0.310 e. The lowest BCUT2D eigenvalue weighted by Crippen LogP contribution is -2.17. The quantitative estimate of drug-likeness (QED) is 0.841. The molecule has 1 unspecified atom stereocenters. The van der Waals surface area contributed by atoms with Crippen LogP contribution in [0.1, 0.15) is 25.5 Å². The maximum Gasteiger partial charge on any atom is 0.131 e. The summed E-state index contributed by atoms with van der Waals surface area (Å²) < 4.78 is 27.0. The summed E-state index contributed by atoms with van der Waals surface area (Å²) in [7, 11) is 0. The zero-order chi connectivity index (χ0) is 14.7. The van der Waals surface area contributed by atoms with Crippen LogP contribution in [-0.2, 0) is 0 Å². The van der Waals surface area contributed by atoms with Crippen LogP contribution in [0, 0.1) is 11.6 Å². The maximum absolute atomic E-state index is 13.7. The molecule has 2 rings (SSSR count). The van der Waals surface area contributed by atoms with Gasteiger partial charge in [-0.1, -0.05) is 30.7 Å². The monoisotopic (exact) mass is 295 g/mol. The number of halogens is 3. The zero-order valence-corrected chi connectivity index (χ0v) is 12.1. The van der Waals surface area contributed by atoms with Gasteiger partial charge in [0.2, 0.25) is 0 Å². The molecule has 0 aliphatic heterocycles. The predicted octanol–water partition coefficient (Wildman–Crippen LogP) is 4.96. The molecule has 106 valence electrons. The van der Waals surface area contributed by atoms with Gasteiger partial charge in [0.05, 0.1) is 0 Å². The Kier molecular flexibility index (Phi) is 4.73. The summed E-state index contributed by atoms with van der Waals surface area (Å²) in [5.74, 6) is -0.933. The van der Waals surface area contributed by atoms with E-state index in [0.29, 0.717) is 10.6 Å². The Morgan fingerprint density at radius 2 is 1.90 bits per heavy atom. The number of rotatable bonds is 4. The molecule has 0 saturated carbocycles. The molecule has 0 saturated heterocycles. The van der Waals surface area contributed by atoms with Gasteiger partial charge < -0.3 is 5.32 Å². The summed E-state index contributed by atoms with van der Waals surface area (Å²) in [4.78, 5) is 0. The van der Waals surface area contributed by atoms with E-state index in [-0.39, 0.29) is 11.6 Å². The first-order chi connectivity index (χ1) is 9.52. The van der Waals surface area contributed by atoms with Crippen molar-refractivity contribution in [2.75, 3.05) is 6.54 Å². The second-order valence-electron chi connectivity index (χ2n) is 4.64. The maximum atomic E-state index is 13.7. The number of hydrogen-bond donors (Lipinski definition) is 1. The second kappa shape index (κ2) is 6.33. The van der Waals surface area contributed by atoms with Gasteiger partial charge in [0.15, 0.2) is 0 Å². The molecule has 0 spiro atoms. The van der Waals surface area contributed by atoms with Gasteiger partial charge in [0.25, 0.3) is 0 Å². The van der Waals surface area contributed by atoms with Gasteiger partial charge in [-0.3, -0.25) is 0 Å². The molecule has 1 nitrogen and oxygen atoms in total. The summed E-state index contributed by atoms with van der Waals surface area (Å²) in [6.07, 6.45) is 0. The molecule has 0 fully saturated rings. The minimum absolute atomic E-state index is 0.110. The summed E-state index contributed by atoms with van der Waals surface area (Å²) in [5, 5.41) is 3.81. The Hall–Kier alpha value is -1.45. The van der Waals surface area contributed by atoms with E-state index in [1.165, 1.54) is 6.07 Å². The van der Waals surface area contributed by atoms with Crippen molar-refractivity contribution in [1.82, 2.24) is 5.32 Å². The van der Waals surface area contributed by atoms with E-state index in [1.807, 2.05) is 19.9 Å². The van der Waals surface area contributed by atoms with Crippen LogP contribution in [0.5, 0.6) is 0 Å². The predicted molar refractivity (Wildman–Crippen MR) is 78.9 cm³/mol. The number of benzene rings is 2. The molecular formula is C16H16ClF2N. The molecule has 1 atom stereocenters. The third-order valence-corrected chi connectivity index (χ3v) is 3.54. The van der Waals surface area contributed by atoms with Gasteiger partial charge >= 0.3 is 0 Å². The largest absolute Gasteiger partial charge is 0.310 e. The van der Waals surface area contributed by atoms with Crippen molar-refractivity contribution < 1.29 is 8.78 Å². The molecule has 0 bridgehead atoms.